The monoisotopic (exact) mass is 280 g/mol. The highest BCUT2D eigenvalue weighted by Gasteiger charge is 2.16. The first kappa shape index (κ1) is 13.2. The Balaban J connectivity index is 2.09. The number of esters is 1. The highest BCUT2D eigenvalue weighted by atomic mass is 16.5. The molecule has 3 aromatic rings. The van der Waals surface area contributed by atoms with Crippen LogP contribution in [0, 0.1) is 0 Å². The average Bonchev–Trinajstić information content (AvgIpc) is 2.85. The summed E-state index contributed by atoms with van der Waals surface area (Å²) in [5.74, 6) is -0.424. The lowest BCUT2D eigenvalue weighted by Gasteiger charge is -2.01. The second-order valence-electron chi connectivity index (χ2n) is 4.76. The van der Waals surface area contributed by atoms with Crippen molar-refractivity contribution in [2.24, 2.45) is 0 Å². The number of nitrogens with one attached hydrogen (secondary N) is 1. The zero-order chi connectivity index (χ0) is 14.8. The van der Waals surface area contributed by atoms with Crippen molar-refractivity contribution >= 4 is 22.6 Å². The summed E-state index contributed by atoms with van der Waals surface area (Å²) in [6, 6.07) is 16.0. The highest BCUT2D eigenvalue weighted by Crippen LogP contribution is 2.29. The van der Waals surface area contributed by atoms with Crippen molar-refractivity contribution in [2.75, 3.05) is 12.3 Å². The van der Waals surface area contributed by atoms with Gasteiger partial charge in [-0.15, -0.1) is 0 Å². The Morgan fingerprint density at radius 1 is 1.14 bits per heavy atom. The number of nitrogen functional groups attached to an aromatic ring is 1. The van der Waals surface area contributed by atoms with Crippen LogP contribution in [0.4, 0.5) is 5.69 Å². The summed E-state index contributed by atoms with van der Waals surface area (Å²) in [7, 11) is 0. The van der Waals surface area contributed by atoms with Gasteiger partial charge in [-0.2, -0.15) is 0 Å². The lowest BCUT2D eigenvalue weighted by Crippen LogP contribution is -2.07. The number of H-pyrrole nitrogens is 1. The van der Waals surface area contributed by atoms with Crippen LogP contribution in [0.15, 0.2) is 48.5 Å². The second-order valence-corrected chi connectivity index (χ2v) is 4.76. The molecule has 4 nitrogen and oxygen atoms in total. The molecular weight excluding hydrogens is 264 g/mol. The van der Waals surface area contributed by atoms with E-state index in [0.717, 1.165) is 22.0 Å². The maximum absolute atomic E-state index is 11.9. The Hall–Kier alpha value is -2.75. The van der Waals surface area contributed by atoms with Crippen molar-refractivity contribution in [1.82, 2.24) is 4.98 Å². The molecule has 0 spiro atoms. The van der Waals surface area contributed by atoms with Crippen molar-refractivity contribution in [3.05, 3.63) is 54.2 Å². The summed E-state index contributed by atoms with van der Waals surface area (Å²) in [4.78, 5) is 14.9. The van der Waals surface area contributed by atoms with Gasteiger partial charge in [-0.25, -0.2) is 4.79 Å². The molecule has 0 unspecified atom stereocenters. The van der Waals surface area contributed by atoms with Crippen molar-refractivity contribution in [2.45, 2.75) is 6.92 Å². The van der Waals surface area contributed by atoms with Gasteiger partial charge in [-0.05, 0) is 24.1 Å². The van der Waals surface area contributed by atoms with E-state index in [9.17, 15) is 4.79 Å². The molecule has 3 N–H and O–H groups in total. The average molecular weight is 280 g/mol. The minimum absolute atomic E-state index is 0.317. The molecule has 0 saturated carbocycles. The first-order chi connectivity index (χ1) is 10.2. The van der Waals surface area contributed by atoms with Crippen LogP contribution < -0.4 is 5.73 Å². The smallest absolute Gasteiger partial charge is 0.356 e. The molecule has 2 aromatic carbocycles. The van der Waals surface area contributed by atoms with Gasteiger partial charge in [0, 0.05) is 10.9 Å². The quantitative estimate of drug-likeness (QED) is 0.720. The minimum Gasteiger partial charge on any atom is -0.461 e. The summed E-state index contributed by atoms with van der Waals surface area (Å²) in [5.41, 5.74) is 9.79. The van der Waals surface area contributed by atoms with E-state index in [1.54, 1.807) is 6.92 Å². The molecule has 1 aromatic heterocycles. The van der Waals surface area contributed by atoms with E-state index in [-0.39, 0.29) is 0 Å². The van der Waals surface area contributed by atoms with E-state index in [1.165, 1.54) is 0 Å². The number of hydrogen-bond donors (Lipinski definition) is 2. The number of ether oxygens (including phenoxy) is 1. The topological polar surface area (TPSA) is 68.1 Å². The van der Waals surface area contributed by atoms with E-state index in [4.69, 9.17) is 10.5 Å². The van der Waals surface area contributed by atoms with E-state index in [1.807, 2.05) is 48.5 Å². The SMILES string of the molecule is CCOC(=O)c1[nH]c2cc(-c3ccccc3)ccc2c1N. The van der Waals surface area contributed by atoms with E-state index < -0.39 is 5.97 Å². The third kappa shape index (κ3) is 2.36. The van der Waals surface area contributed by atoms with Crippen molar-refractivity contribution in [3.63, 3.8) is 0 Å². The molecule has 0 atom stereocenters. The Kier molecular flexibility index (Phi) is 3.36. The van der Waals surface area contributed by atoms with Crippen molar-refractivity contribution < 1.29 is 9.53 Å². The van der Waals surface area contributed by atoms with Crippen LogP contribution in [-0.2, 0) is 4.74 Å². The van der Waals surface area contributed by atoms with E-state index in [2.05, 4.69) is 4.98 Å². The molecule has 0 amide bonds. The number of aromatic nitrogens is 1. The molecule has 0 saturated heterocycles. The van der Waals surface area contributed by atoms with Gasteiger partial charge in [0.1, 0.15) is 5.69 Å². The lowest BCUT2D eigenvalue weighted by molar-refractivity contribution is 0.0522. The number of carbonyl (C=O) groups excluding carboxylic acids is 1. The fourth-order valence-corrected chi connectivity index (χ4v) is 2.39. The molecular formula is C17H16N2O2. The zero-order valence-corrected chi connectivity index (χ0v) is 11.7. The van der Waals surface area contributed by atoms with Gasteiger partial charge in [-0.1, -0.05) is 42.5 Å². The van der Waals surface area contributed by atoms with Crippen LogP contribution in [0.2, 0.25) is 0 Å². The number of anilines is 1. The molecule has 0 aliphatic rings. The normalized spacial score (nSPS) is 10.7. The predicted molar refractivity (Wildman–Crippen MR) is 84.1 cm³/mol. The highest BCUT2D eigenvalue weighted by molar-refractivity contribution is 6.06. The molecule has 21 heavy (non-hydrogen) atoms. The first-order valence-corrected chi connectivity index (χ1v) is 6.84. The van der Waals surface area contributed by atoms with E-state index >= 15 is 0 Å². The van der Waals surface area contributed by atoms with Crippen LogP contribution in [0.25, 0.3) is 22.0 Å². The molecule has 0 aliphatic carbocycles. The summed E-state index contributed by atoms with van der Waals surface area (Å²) in [5, 5.41) is 0.831. The lowest BCUT2D eigenvalue weighted by atomic mass is 10.0. The predicted octanol–water partition coefficient (Wildman–Crippen LogP) is 3.59. The molecule has 3 rings (SSSR count). The van der Waals surface area contributed by atoms with Gasteiger partial charge >= 0.3 is 5.97 Å². The number of benzene rings is 2. The van der Waals surface area contributed by atoms with Crippen LogP contribution in [0.3, 0.4) is 0 Å². The van der Waals surface area contributed by atoms with Crippen LogP contribution in [-0.4, -0.2) is 17.6 Å². The second kappa shape index (κ2) is 5.32. The zero-order valence-electron chi connectivity index (χ0n) is 11.7. The largest absolute Gasteiger partial charge is 0.461 e. The number of nitrogens with two attached hydrogens (primary N) is 1. The van der Waals surface area contributed by atoms with Gasteiger partial charge in [-0.3, -0.25) is 0 Å². The first-order valence-electron chi connectivity index (χ1n) is 6.84. The van der Waals surface area contributed by atoms with Gasteiger partial charge in [0.05, 0.1) is 12.3 Å². The molecule has 0 aliphatic heterocycles. The van der Waals surface area contributed by atoms with Gasteiger partial charge < -0.3 is 15.5 Å². The van der Waals surface area contributed by atoms with Crippen molar-refractivity contribution in [3.8, 4) is 11.1 Å². The summed E-state index contributed by atoms with van der Waals surface area (Å²) in [6.07, 6.45) is 0. The van der Waals surface area contributed by atoms with Crippen LogP contribution >= 0.6 is 0 Å². The third-order valence-electron chi connectivity index (χ3n) is 3.43. The molecule has 0 fully saturated rings. The summed E-state index contributed by atoms with van der Waals surface area (Å²) < 4.78 is 5.00. The fraction of sp³-hybridized carbons (Fsp3) is 0.118. The molecule has 1 heterocycles. The summed E-state index contributed by atoms with van der Waals surface area (Å²) in [6.45, 7) is 2.09. The van der Waals surface area contributed by atoms with E-state index in [0.29, 0.717) is 18.0 Å². The van der Waals surface area contributed by atoms with Gasteiger partial charge in [0.25, 0.3) is 0 Å². The third-order valence-corrected chi connectivity index (χ3v) is 3.43. The standard InChI is InChI=1S/C17H16N2O2/c1-2-21-17(20)16-15(18)13-9-8-12(10-14(13)19-16)11-6-4-3-5-7-11/h3-10,19H,2,18H2,1H3. The number of fused-ring (bicyclic) bond motifs is 1. The minimum atomic E-state index is -0.424. The molecule has 0 bridgehead atoms. The van der Waals surface area contributed by atoms with Crippen LogP contribution in [0.5, 0.6) is 0 Å². The number of hydrogen-bond acceptors (Lipinski definition) is 3. The number of carbonyl (C=O) groups is 1. The summed E-state index contributed by atoms with van der Waals surface area (Å²) >= 11 is 0. The van der Waals surface area contributed by atoms with Gasteiger partial charge in [0.2, 0.25) is 0 Å². The molecule has 106 valence electrons. The Labute approximate surface area is 122 Å². The Bertz CT molecular complexity index is 791. The maximum atomic E-state index is 11.9. The Morgan fingerprint density at radius 2 is 1.90 bits per heavy atom. The fourth-order valence-electron chi connectivity index (χ4n) is 2.39. The van der Waals surface area contributed by atoms with Crippen molar-refractivity contribution in [1.29, 1.82) is 0 Å². The molecule has 0 radical (unpaired) electrons. The molecule has 4 heteroatoms. The number of rotatable bonds is 3. The Morgan fingerprint density at radius 3 is 2.62 bits per heavy atom. The van der Waals surface area contributed by atoms with Crippen LogP contribution in [0.1, 0.15) is 17.4 Å². The maximum Gasteiger partial charge on any atom is 0.356 e. The van der Waals surface area contributed by atoms with Gasteiger partial charge in [0.15, 0.2) is 0 Å². The number of aromatic amines is 1.